The lowest BCUT2D eigenvalue weighted by molar-refractivity contribution is -0.140. The topological polar surface area (TPSA) is 79.7 Å². The number of aryl methyl sites for hydroxylation is 1. The number of carbonyl (C=O) groups is 2. The number of aromatic nitrogens is 2. The Kier molecular flexibility index (Phi) is 7.68. The maximum atomic E-state index is 13.2. The van der Waals surface area contributed by atoms with Crippen molar-refractivity contribution >= 4 is 11.8 Å². The number of hydrogen-bond acceptors (Lipinski definition) is 5. The third-order valence-electron chi connectivity index (χ3n) is 5.61. The van der Waals surface area contributed by atoms with Crippen LogP contribution in [0.5, 0.6) is 5.75 Å². The van der Waals surface area contributed by atoms with E-state index in [1.54, 1.807) is 11.1 Å². The number of amides is 2. The molecule has 0 aliphatic carbocycles. The van der Waals surface area contributed by atoms with Crippen LogP contribution in [-0.4, -0.2) is 62.9 Å². The minimum Gasteiger partial charge on any atom is -0.494 e. The Morgan fingerprint density at radius 2 is 2.06 bits per heavy atom. The van der Waals surface area contributed by atoms with E-state index in [-0.39, 0.29) is 24.3 Å². The second-order valence-electron chi connectivity index (χ2n) is 8.13. The van der Waals surface area contributed by atoms with E-state index in [2.05, 4.69) is 15.2 Å². The Bertz CT molecular complexity index is 878. The molecule has 1 atom stereocenters. The van der Waals surface area contributed by atoms with Crippen molar-refractivity contribution in [3.63, 3.8) is 0 Å². The molecule has 8 heteroatoms. The summed E-state index contributed by atoms with van der Waals surface area (Å²) in [7, 11) is 1.92. The highest BCUT2D eigenvalue weighted by Gasteiger charge is 2.33. The molecular formula is C23H33N5O3. The molecule has 168 valence electrons. The fourth-order valence-corrected chi connectivity index (χ4v) is 3.81. The van der Waals surface area contributed by atoms with Gasteiger partial charge in [0.15, 0.2) is 0 Å². The molecule has 1 aliphatic heterocycles. The van der Waals surface area contributed by atoms with E-state index in [0.717, 1.165) is 17.1 Å². The summed E-state index contributed by atoms with van der Waals surface area (Å²) in [5.74, 6) is 1.51. The molecule has 2 aromatic rings. The highest BCUT2D eigenvalue weighted by atomic mass is 16.5. The predicted octanol–water partition coefficient (Wildman–Crippen LogP) is 1.95. The minimum absolute atomic E-state index is 0.00964. The minimum atomic E-state index is -0.490. The van der Waals surface area contributed by atoms with Gasteiger partial charge in [-0.25, -0.2) is 4.98 Å². The van der Waals surface area contributed by atoms with E-state index in [4.69, 9.17) is 4.74 Å². The van der Waals surface area contributed by atoms with E-state index in [1.165, 1.54) is 0 Å². The number of hydrogen-bond donors (Lipinski definition) is 1. The van der Waals surface area contributed by atoms with E-state index in [1.807, 2.05) is 62.8 Å². The molecule has 0 bridgehead atoms. The second kappa shape index (κ2) is 10.4. The molecule has 0 radical (unpaired) electrons. The smallest absolute Gasteiger partial charge is 0.237 e. The highest BCUT2D eigenvalue weighted by Crippen LogP contribution is 2.19. The Morgan fingerprint density at radius 1 is 1.32 bits per heavy atom. The molecule has 1 unspecified atom stereocenters. The van der Waals surface area contributed by atoms with Gasteiger partial charge in [-0.3, -0.25) is 14.5 Å². The van der Waals surface area contributed by atoms with Crippen LogP contribution in [0, 0.1) is 0 Å². The Hall–Kier alpha value is -2.87. The van der Waals surface area contributed by atoms with Crippen LogP contribution in [-0.2, 0) is 29.7 Å². The van der Waals surface area contributed by atoms with Crippen LogP contribution in [0.1, 0.15) is 38.6 Å². The van der Waals surface area contributed by atoms with Crippen molar-refractivity contribution in [2.75, 3.05) is 19.7 Å². The lowest BCUT2D eigenvalue weighted by Crippen LogP contribution is -2.56. The van der Waals surface area contributed by atoms with E-state index < -0.39 is 6.04 Å². The summed E-state index contributed by atoms with van der Waals surface area (Å²) in [5, 5.41) is 2.91. The molecule has 1 fully saturated rings. The number of nitrogens with zero attached hydrogens (tertiary/aromatic N) is 4. The van der Waals surface area contributed by atoms with Crippen LogP contribution < -0.4 is 10.1 Å². The monoisotopic (exact) mass is 427 g/mol. The lowest BCUT2D eigenvalue weighted by atomic mass is 10.1. The molecule has 31 heavy (non-hydrogen) atoms. The van der Waals surface area contributed by atoms with Gasteiger partial charge in [-0.2, -0.15) is 0 Å². The Balaban J connectivity index is 1.70. The third-order valence-corrected chi connectivity index (χ3v) is 5.61. The van der Waals surface area contributed by atoms with Crippen molar-refractivity contribution in [2.45, 2.75) is 52.4 Å². The molecule has 1 aromatic heterocycles. The summed E-state index contributed by atoms with van der Waals surface area (Å²) >= 11 is 0. The molecule has 2 heterocycles. The van der Waals surface area contributed by atoms with Crippen molar-refractivity contribution in [1.29, 1.82) is 0 Å². The molecular weight excluding hydrogens is 394 g/mol. The molecule has 0 saturated carbocycles. The molecule has 1 N–H and O–H groups in total. The summed E-state index contributed by atoms with van der Waals surface area (Å²) in [6.07, 6.45) is 3.74. The molecule has 8 nitrogen and oxygen atoms in total. The van der Waals surface area contributed by atoms with Crippen molar-refractivity contribution in [2.24, 2.45) is 7.05 Å². The predicted molar refractivity (Wildman–Crippen MR) is 118 cm³/mol. The van der Waals surface area contributed by atoms with Crippen LogP contribution in [0.2, 0.25) is 0 Å². The number of imidazole rings is 1. The summed E-state index contributed by atoms with van der Waals surface area (Å²) < 4.78 is 7.42. The third kappa shape index (κ3) is 5.85. The van der Waals surface area contributed by atoms with E-state index >= 15 is 0 Å². The Labute approximate surface area is 184 Å². The number of nitrogens with one attached hydrogen (secondary N) is 1. The molecule has 1 saturated heterocycles. The first kappa shape index (κ1) is 22.8. The first-order valence-corrected chi connectivity index (χ1v) is 10.9. The fraction of sp³-hybridized carbons (Fsp3) is 0.522. The maximum Gasteiger partial charge on any atom is 0.237 e. The molecule has 1 aliphatic rings. The van der Waals surface area contributed by atoms with Crippen molar-refractivity contribution in [1.82, 2.24) is 24.7 Å². The van der Waals surface area contributed by atoms with E-state index in [9.17, 15) is 9.59 Å². The number of carbonyl (C=O) groups excluding carboxylic acids is 2. The molecule has 0 spiro atoms. The average Bonchev–Trinajstić information content (AvgIpc) is 3.14. The summed E-state index contributed by atoms with van der Waals surface area (Å²) in [4.78, 5) is 34.1. The first-order valence-electron chi connectivity index (χ1n) is 10.9. The van der Waals surface area contributed by atoms with Crippen LogP contribution >= 0.6 is 0 Å². The largest absolute Gasteiger partial charge is 0.494 e. The standard InChI is InChI=1S/C23H33N5O3/c1-5-31-19-8-6-18(7-9-19)15-27-13-11-25-23(30)20(27)14-22(29)28(17(2)3)16-21-24-10-12-26(21)4/h6-10,12,17,20H,5,11,13-16H2,1-4H3,(H,25,30). The maximum absolute atomic E-state index is 13.2. The van der Waals surface area contributed by atoms with Crippen molar-refractivity contribution in [3.8, 4) is 5.75 Å². The van der Waals surface area contributed by atoms with Crippen LogP contribution in [0.15, 0.2) is 36.7 Å². The van der Waals surface area contributed by atoms with Gasteiger partial charge >= 0.3 is 0 Å². The lowest BCUT2D eigenvalue weighted by Gasteiger charge is -2.36. The van der Waals surface area contributed by atoms with Crippen LogP contribution in [0.25, 0.3) is 0 Å². The summed E-state index contributed by atoms with van der Waals surface area (Å²) in [6, 6.07) is 7.42. The first-order chi connectivity index (χ1) is 14.9. The zero-order chi connectivity index (χ0) is 22.4. The van der Waals surface area contributed by atoms with Gasteiger partial charge < -0.3 is 19.5 Å². The van der Waals surface area contributed by atoms with Gasteiger partial charge in [-0.15, -0.1) is 0 Å². The van der Waals surface area contributed by atoms with Crippen molar-refractivity contribution < 1.29 is 14.3 Å². The number of piperazine rings is 1. The van der Waals surface area contributed by atoms with Crippen LogP contribution in [0.4, 0.5) is 0 Å². The normalized spacial score (nSPS) is 16.9. The van der Waals surface area contributed by atoms with Crippen molar-refractivity contribution in [3.05, 3.63) is 48.0 Å². The Morgan fingerprint density at radius 3 is 2.68 bits per heavy atom. The van der Waals surface area contributed by atoms with Gasteiger partial charge in [0.2, 0.25) is 11.8 Å². The van der Waals surface area contributed by atoms with Gasteiger partial charge in [-0.05, 0) is 38.5 Å². The zero-order valence-electron chi connectivity index (χ0n) is 18.9. The SMILES string of the molecule is CCOc1ccc(CN2CCNC(=O)C2CC(=O)N(Cc2nccn2C)C(C)C)cc1. The number of benzene rings is 1. The van der Waals surface area contributed by atoms with Gasteiger partial charge in [0.25, 0.3) is 0 Å². The number of rotatable bonds is 9. The van der Waals surface area contributed by atoms with Gasteiger partial charge in [-0.1, -0.05) is 12.1 Å². The fourth-order valence-electron chi connectivity index (χ4n) is 3.81. The average molecular weight is 428 g/mol. The van der Waals surface area contributed by atoms with Gasteiger partial charge in [0, 0.05) is 45.1 Å². The molecule has 3 rings (SSSR count). The van der Waals surface area contributed by atoms with Gasteiger partial charge in [0.1, 0.15) is 11.6 Å². The quantitative estimate of drug-likeness (QED) is 0.662. The highest BCUT2D eigenvalue weighted by molar-refractivity contribution is 5.89. The zero-order valence-corrected chi connectivity index (χ0v) is 18.9. The summed E-state index contributed by atoms with van der Waals surface area (Å²) in [5.41, 5.74) is 1.09. The summed E-state index contributed by atoms with van der Waals surface area (Å²) in [6.45, 7) is 8.88. The van der Waals surface area contributed by atoms with E-state index in [0.29, 0.717) is 32.8 Å². The van der Waals surface area contributed by atoms with Gasteiger partial charge in [0.05, 0.1) is 25.6 Å². The number of ether oxygens (including phenoxy) is 1. The van der Waals surface area contributed by atoms with Crippen LogP contribution in [0.3, 0.4) is 0 Å². The molecule has 1 aromatic carbocycles. The molecule has 2 amide bonds. The second-order valence-corrected chi connectivity index (χ2v) is 8.13.